The van der Waals surface area contributed by atoms with Crippen molar-refractivity contribution in [2.24, 2.45) is 5.73 Å². The van der Waals surface area contributed by atoms with Crippen molar-refractivity contribution in [2.75, 3.05) is 25.0 Å². The van der Waals surface area contributed by atoms with E-state index in [1.807, 2.05) is 12.1 Å². The van der Waals surface area contributed by atoms with Gasteiger partial charge in [0.05, 0.1) is 18.4 Å². The second-order valence-corrected chi connectivity index (χ2v) is 8.53. The van der Waals surface area contributed by atoms with Crippen molar-refractivity contribution in [3.63, 3.8) is 0 Å². The zero-order chi connectivity index (χ0) is 23.2. The Kier molecular flexibility index (Phi) is 7.05. The maximum atomic E-state index is 12.5. The van der Waals surface area contributed by atoms with Crippen LogP contribution in [0.2, 0.25) is 0 Å². The molecular weight excluding hydrogens is 420 g/mol. The molecule has 1 fully saturated rings. The van der Waals surface area contributed by atoms with Crippen LogP contribution in [0.25, 0.3) is 5.57 Å². The highest BCUT2D eigenvalue weighted by atomic mass is 16.6. The van der Waals surface area contributed by atoms with Crippen LogP contribution in [-0.4, -0.2) is 46.5 Å². The quantitative estimate of drug-likeness (QED) is 0.618. The SMILES string of the molecule is N#Cc1cnc(OC(=O)Nc2ccc(C3CCN(CC(N)=O)CC3)cc2C2=CCCCC2)[nH]1. The second kappa shape index (κ2) is 10.3. The van der Waals surface area contributed by atoms with E-state index in [0.717, 1.165) is 50.8 Å². The first kappa shape index (κ1) is 22.6. The molecule has 1 aromatic carbocycles. The molecule has 9 nitrogen and oxygen atoms in total. The van der Waals surface area contributed by atoms with Crippen LogP contribution in [0.15, 0.2) is 30.5 Å². The fraction of sp³-hybridized carbons (Fsp3) is 0.417. The summed E-state index contributed by atoms with van der Waals surface area (Å²) in [4.78, 5) is 32.3. The first-order valence-corrected chi connectivity index (χ1v) is 11.3. The van der Waals surface area contributed by atoms with Crippen molar-refractivity contribution in [1.29, 1.82) is 5.26 Å². The highest BCUT2D eigenvalue weighted by molar-refractivity contribution is 5.91. The van der Waals surface area contributed by atoms with Gasteiger partial charge in [0.25, 0.3) is 0 Å². The summed E-state index contributed by atoms with van der Waals surface area (Å²) in [5.74, 6) is 0.103. The number of aromatic nitrogens is 2. The van der Waals surface area contributed by atoms with Crippen LogP contribution >= 0.6 is 0 Å². The van der Waals surface area contributed by atoms with E-state index in [1.54, 1.807) is 0 Å². The monoisotopic (exact) mass is 448 g/mol. The third-order valence-corrected chi connectivity index (χ3v) is 6.22. The molecule has 1 aliphatic carbocycles. The molecule has 2 aromatic rings. The van der Waals surface area contributed by atoms with Crippen LogP contribution in [0, 0.1) is 11.3 Å². The molecule has 1 aliphatic heterocycles. The number of imidazole rings is 1. The number of H-pyrrole nitrogens is 1. The first-order valence-electron chi connectivity index (χ1n) is 11.3. The average molecular weight is 449 g/mol. The number of anilines is 1. The van der Waals surface area contributed by atoms with Gasteiger partial charge in [-0.25, -0.2) is 9.78 Å². The molecule has 0 spiro atoms. The maximum Gasteiger partial charge on any atom is 0.419 e. The van der Waals surface area contributed by atoms with E-state index >= 15 is 0 Å². The zero-order valence-electron chi connectivity index (χ0n) is 18.5. The smallest absolute Gasteiger partial charge is 0.375 e. The van der Waals surface area contributed by atoms with Crippen molar-refractivity contribution in [3.8, 4) is 12.1 Å². The average Bonchev–Trinajstić information content (AvgIpc) is 3.27. The van der Waals surface area contributed by atoms with Crippen LogP contribution < -0.4 is 15.8 Å². The Labute approximate surface area is 192 Å². The Morgan fingerprint density at radius 1 is 1.30 bits per heavy atom. The number of rotatable bonds is 6. The number of primary amides is 1. The standard InChI is InChI=1S/C24H28N6O3/c25-13-19-14-27-23(28-19)33-24(32)29-21-7-6-18(12-20(21)17-4-2-1-3-5-17)16-8-10-30(11-9-16)15-22(26)31/h4,6-7,12,14,16H,1-3,5,8-11,15H2,(H2,26,31)(H,27,28)(H,29,32). The van der Waals surface area contributed by atoms with Crippen LogP contribution in [0.4, 0.5) is 10.5 Å². The number of nitrogens with one attached hydrogen (secondary N) is 2. The van der Waals surface area contributed by atoms with Crippen LogP contribution in [0.1, 0.15) is 61.3 Å². The Morgan fingerprint density at radius 3 is 2.79 bits per heavy atom. The minimum Gasteiger partial charge on any atom is -0.375 e. The Balaban J connectivity index is 1.51. The molecule has 0 saturated carbocycles. The fourth-order valence-electron chi connectivity index (χ4n) is 4.55. The van der Waals surface area contributed by atoms with E-state index in [2.05, 4.69) is 38.4 Å². The van der Waals surface area contributed by atoms with E-state index in [4.69, 9.17) is 15.7 Å². The number of nitrogens with zero attached hydrogens (tertiary/aromatic N) is 3. The van der Waals surface area contributed by atoms with Gasteiger partial charge in [-0.05, 0) is 80.8 Å². The number of piperidine rings is 1. The molecule has 2 aliphatic rings. The Morgan fingerprint density at radius 2 is 2.12 bits per heavy atom. The molecule has 9 heteroatoms. The predicted molar refractivity (Wildman–Crippen MR) is 123 cm³/mol. The summed E-state index contributed by atoms with van der Waals surface area (Å²) in [6, 6.07) is 8.05. The summed E-state index contributed by atoms with van der Waals surface area (Å²) in [5.41, 5.74) is 9.72. The molecule has 2 heterocycles. The number of nitrogens with two attached hydrogens (primary N) is 1. The lowest BCUT2D eigenvalue weighted by Crippen LogP contribution is -2.39. The van der Waals surface area contributed by atoms with Gasteiger partial charge in [-0.15, -0.1) is 0 Å². The zero-order valence-corrected chi connectivity index (χ0v) is 18.5. The molecule has 0 atom stereocenters. The molecule has 4 rings (SSSR count). The second-order valence-electron chi connectivity index (χ2n) is 8.53. The summed E-state index contributed by atoms with van der Waals surface area (Å²) in [6.07, 6.45) is 9.09. The number of hydrogen-bond acceptors (Lipinski definition) is 6. The van der Waals surface area contributed by atoms with E-state index in [-0.39, 0.29) is 17.6 Å². The van der Waals surface area contributed by atoms with Gasteiger partial charge in [0.15, 0.2) is 0 Å². The summed E-state index contributed by atoms with van der Waals surface area (Å²) < 4.78 is 5.20. The van der Waals surface area contributed by atoms with Crippen molar-refractivity contribution < 1.29 is 14.3 Å². The van der Waals surface area contributed by atoms with Crippen molar-refractivity contribution in [2.45, 2.75) is 44.4 Å². The van der Waals surface area contributed by atoms with Crippen LogP contribution in [0.5, 0.6) is 6.01 Å². The topological polar surface area (TPSA) is 137 Å². The Hall–Kier alpha value is -3.64. The largest absolute Gasteiger partial charge is 0.419 e. The number of likely N-dealkylation sites (tertiary alicyclic amines) is 1. The molecule has 1 saturated heterocycles. The van der Waals surface area contributed by atoms with Gasteiger partial charge < -0.3 is 10.5 Å². The van der Waals surface area contributed by atoms with E-state index in [1.165, 1.54) is 23.8 Å². The van der Waals surface area contributed by atoms with Crippen molar-refractivity contribution in [3.05, 3.63) is 47.3 Å². The predicted octanol–water partition coefficient (Wildman–Crippen LogP) is 3.51. The number of nitriles is 1. The lowest BCUT2D eigenvalue weighted by atomic mass is 9.85. The molecule has 0 bridgehead atoms. The van der Waals surface area contributed by atoms with Crippen LogP contribution in [-0.2, 0) is 4.79 Å². The summed E-state index contributed by atoms with van der Waals surface area (Å²) in [6.45, 7) is 1.99. The summed E-state index contributed by atoms with van der Waals surface area (Å²) in [5, 5.41) is 11.7. The number of benzene rings is 1. The normalized spacial score (nSPS) is 17.1. The number of allylic oxidation sites excluding steroid dienone is 2. The molecule has 0 unspecified atom stereocenters. The van der Waals surface area contributed by atoms with Gasteiger partial charge >= 0.3 is 12.1 Å². The summed E-state index contributed by atoms with van der Waals surface area (Å²) in [7, 11) is 0. The Bertz CT molecular complexity index is 1090. The highest BCUT2D eigenvalue weighted by Gasteiger charge is 2.23. The highest BCUT2D eigenvalue weighted by Crippen LogP contribution is 2.36. The lowest BCUT2D eigenvalue weighted by molar-refractivity contribution is -0.119. The van der Waals surface area contributed by atoms with Gasteiger partial charge in [0, 0.05) is 5.56 Å². The number of carbonyl (C=O) groups is 2. The van der Waals surface area contributed by atoms with Gasteiger partial charge in [0.1, 0.15) is 11.8 Å². The minimum absolute atomic E-state index is 0.0261. The molecule has 0 radical (unpaired) electrons. The van der Waals surface area contributed by atoms with Crippen LogP contribution in [0.3, 0.4) is 0 Å². The number of aromatic amines is 1. The molecule has 33 heavy (non-hydrogen) atoms. The summed E-state index contributed by atoms with van der Waals surface area (Å²) >= 11 is 0. The van der Waals surface area contributed by atoms with Crippen molar-refractivity contribution in [1.82, 2.24) is 14.9 Å². The van der Waals surface area contributed by atoms with Crippen molar-refractivity contribution >= 4 is 23.3 Å². The van der Waals surface area contributed by atoms with Gasteiger partial charge in [0.2, 0.25) is 5.91 Å². The number of ether oxygens (including phenoxy) is 1. The van der Waals surface area contributed by atoms with E-state index in [9.17, 15) is 9.59 Å². The molecule has 172 valence electrons. The molecule has 4 N–H and O–H groups in total. The third kappa shape index (κ3) is 5.79. The fourth-order valence-corrected chi connectivity index (χ4v) is 4.55. The minimum atomic E-state index is -0.668. The molecule has 2 amide bonds. The number of hydrogen-bond donors (Lipinski definition) is 3. The lowest BCUT2D eigenvalue weighted by Gasteiger charge is -2.31. The van der Waals surface area contributed by atoms with Gasteiger partial charge in [-0.1, -0.05) is 12.1 Å². The number of carbonyl (C=O) groups excluding carboxylic acids is 2. The van der Waals surface area contributed by atoms with Gasteiger partial charge in [-0.2, -0.15) is 5.26 Å². The maximum absolute atomic E-state index is 12.5. The van der Waals surface area contributed by atoms with E-state index < -0.39 is 6.09 Å². The molecule has 1 aromatic heterocycles. The van der Waals surface area contributed by atoms with Gasteiger partial charge in [-0.3, -0.25) is 20.0 Å². The molecular formula is C24H28N6O3. The van der Waals surface area contributed by atoms with E-state index in [0.29, 0.717) is 18.2 Å². The number of amides is 2. The first-order chi connectivity index (χ1) is 16.0. The third-order valence-electron chi connectivity index (χ3n) is 6.22.